The van der Waals surface area contributed by atoms with Crippen molar-refractivity contribution in [2.75, 3.05) is 0 Å². The Morgan fingerprint density at radius 1 is 0.900 bits per heavy atom. The lowest BCUT2D eigenvalue weighted by atomic mass is 9.81. The van der Waals surface area contributed by atoms with E-state index in [1.54, 1.807) is 12.1 Å². The number of rotatable bonds is 0. The van der Waals surface area contributed by atoms with Gasteiger partial charge < -0.3 is 4.74 Å². The van der Waals surface area contributed by atoms with E-state index in [0.717, 1.165) is 24.8 Å². The lowest BCUT2D eigenvalue weighted by Crippen LogP contribution is -2.36. The molecule has 3 heteroatoms. The van der Waals surface area contributed by atoms with Crippen molar-refractivity contribution < 1.29 is 14.3 Å². The van der Waals surface area contributed by atoms with Crippen molar-refractivity contribution in [2.24, 2.45) is 0 Å². The van der Waals surface area contributed by atoms with Gasteiger partial charge in [-0.15, -0.1) is 0 Å². The molecule has 1 aromatic rings. The van der Waals surface area contributed by atoms with Crippen LogP contribution in [0.4, 0.5) is 0 Å². The molecule has 2 aliphatic carbocycles. The van der Waals surface area contributed by atoms with E-state index in [0.29, 0.717) is 23.3 Å². The number of hydrogen-bond donors (Lipinski definition) is 0. The van der Waals surface area contributed by atoms with Crippen LogP contribution < -0.4 is 0 Å². The molecule has 1 fully saturated rings. The summed E-state index contributed by atoms with van der Waals surface area (Å²) in [4.78, 5) is 24.4. The summed E-state index contributed by atoms with van der Waals surface area (Å²) in [5.74, 6) is -0.0739. The summed E-state index contributed by atoms with van der Waals surface area (Å²) in [5.41, 5.74) is 1.79. The summed E-state index contributed by atoms with van der Waals surface area (Å²) in [6, 6.07) is 7.30. The van der Waals surface area contributed by atoms with Crippen LogP contribution in [0.5, 0.6) is 0 Å². The molecule has 0 N–H and O–H groups in total. The molecule has 0 bridgehead atoms. The molecule has 1 heterocycles. The summed E-state index contributed by atoms with van der Waals surface area (Å²) in [6.45, 7) is 0. The zero-order valence-corrected chi connectivity index (χ0v) is 11.3. The first-order valence-corrected chi connectivity index (χ1v) is 7.31. The molecular weight excluding hydrogens is 252 g/mol. The molecule has 20 heavy (non-hydrogen) atoms. The topological polar surface area (TPSA) is 43.4 Å². The largest absolute Gasteiger partial charge is 0.486 e. The van der Waals surface area contributed by atoms with Crippen LogP contribution in [-0.2, 0) is 9.53 Å². The van der Waals surface area contributed by atoms with Crippen molar-refractivity contribution in [3.63, 3.8) is 0 Å². The van der Waals surface area contributed by atoms with Crippen LogP contribution in [0.2, 0.25) is 0 Å². The number of allylic oxidation sites excluding steroid dienone is 1. The van der Waals surface area contributed by atoms with E-state index in [9.17, 15) is 9.59 Å². The van der Waals surface area contributed by atoms with Crippen LogP contribution in [0.1, 0.15) is 54.4 Å². The highest BCUT2D eigenvalue weighted by Crippen LogP contribution is 2.47. The molecule has 1 saturated carbocycles. The summed E-state index contributed by atoms with van der Waals surface area (Å²) in [6.07, 6.45) is 6.05. The fourth-order valence-electron chi connectivity index (χ4n) is 3.74. The Balaban J connectivity index is 1.86. The highest BCUT2D eigenvalue weighted by Gasteiger charge is 2.44. The van der Waals surface area contributed by atoms with Gasteiger partial charge in [0, 0.05) is 16.7 Å². The lowest BCUT2D eigenvalue weighted by Gasteiger charge is -2.38. The number of Topliss-reactive ketones (excluding diaryl/α,β-unsaturated/α-hetero) is 2. The second kappa shape index (κ2) is 4.05. The van der Waals surface area contributed by atoms with Gasteiger partial charge in [-0.05, 0) is 38.5 Å². The lowest BCUT2D eigenvalue weighted by molar-refractivity contribution is -0.112. The van der Waals surface area contributed by atoms with Crippen molar-refractivity contribution in [1.29, 1.82) is 0 Å². The minimum Gasteiger partial charge on any atom is -0.486 e. The van der Waals surface area contributed by atoms with Gasteiger partial charge in [-0.2, -0.15) is 0 Å². The summed E-state index contributed by atoms with van der Waals surface area (Å²) in [7, 11) is 0. The minimum atomic E-state index is -0.384. The van der Waals surface area contributed by atoms with Crippen molar-refractivity contribution in [1.82, 2.24) is 0 Å². The van der Waals surface area contributed by atoms with E-state index in [1.807, 2.05) is 12.1 Å². The Morgan fingerprint density at radius 3 is 2.35 bits per heavy atom. The molecule has 1 aliphatic heterocycles. The van der Waals surface area contributed by atoms with E-state index >= 15 is 0 Å². The van der Waals surface area contributed by atoms with Gasteiger partial charge in [-0.25, -0.2) is 0 Å². The highest BCUT2D eigenvalue weighted by atomic mass is 16.5. The van der Waals surface area contributed by atoms with E-state index in [4.69, 9.17) is 4.74 Å². The first kappa shape index (κ1) is 11.9. The van der Waals surface area contributed by atoms with Crippen LogP contribution in [0.15, 0.2) is 29.8 Å². The number of hydrogen-bond acceptors (Lipinski definition) is 3. The van der Waals surface area contributed by atoms with Crippen LogP contribution in [0.25, 0.3) is 5.76 Å². The third kappa shape index (κ3) is 1.52. The van der Waals surface area contributed by atoms with Gasteiger partial charge in [0.1, 0.15) is 11.4 Å². The number of ether oxygens (including phenoxy) is 1. The maximum atomic E-state index is 12.2. The van der Waals surface area contributed by atoms with Gasteiger partial charge in [0.05, 0.1) is 0 Å². The summed E-state index contributed by atoms with van der Waals surface area (Å²) in [5, 5.41) is 0. The molecule has 0 radical (unpaired) electrons. The van der Waals surface area contributed by atoms with Gasteiger partial charge in [0.25, 0.3) is 0 Å². The van der Waals surface area contributed by atoms with Crippen molar-refractivity contribution in [2.45, 2.75) is 44.1 Å². The SMILES string of the molecule is O=C1C(=O)c2ccccc2C2=C1CCC1(CCCC1)O2. The Morgan fingerprint density at radius 2 is 1.60 bits per heavy atom. The first-order valence-electron chi connectivity index (χ1n) is 7.31. The normalized spacial score (nSPS) is 23.6. The molecule has 3 nitrogen and oxygen atoms in total. The van der Waals surface area contributed by atoms with Gasteiger partial charge in [-0.3, -0.25) is 9.59 Å². The van der Waals surface area contributed by atoms with Crippen molar-refractivity contribution in [3.05, 3.63) is 41.0 Å². The third-order valence-corrected chi connectivity index (χ3v) is 4.83. The second-order valence-electron chi connectivity index (χ2n) is 6.00. The van der Waals surface area contributed by atoms with Crippen LogP contribution in [0.3, 0.4) is 0 Å². The molecular formula is C17H16O3. The Kier molecular flexibility index (Phi) is 2.40. The quantitative estimate of drug-likeness (QED) is 0.678. The minimum absolute atomic E-state index is 0.0907. The zero-order valence-electron chi connectivity index (χ0n) is 11.3. The molecule has 0 saturated heterocycles. The number of carbonyl (C=O) groups is 2. The van der Waals surface area contributed by atoms with E-state index in [2.05, 4.69) is 0 Å². The van der Waals surface area contributed by atoms with Crippen LogP contribution in [0, 0.1) is 0 Å². The predicted octanol–water partition coefficient (Wildman–Crippen LogP) is 3.29. The molecule has 1 spiro atoms. The number of benzene rings is 1. The Hall–Kier alpha value is -1.90. The molecule has 0 amide bonds. The van der Waals surface area contributed by atoms with E-state index in [-0.39, 0.29) is 17.2 Å². The summed E-state index contributed by atoms with van der Waals surface area (Å²) < 4.78 is 6.29. The molecule has 0 unspecified atom stereocenters. The van der Waals surface area contributed by atoms with Gasteiger partial charge >= 0.3 is 0 Å². The number of carbonyl (C=O) groups excluding carboxylic acids is 2. The number of fused-ring (bicyclic) bond motifs is 2. The average molecular weight is 268 g/mol. The van der Waals surface area contributed by atoms with Gasteiger partial charge in [-0.1, -0.05) is 24.3 Å². The summed E-state index contributed by atoms with van der Waals surface area (Å²) >= 11 is 0. The first-order chi connectivity index (χ1) is 9.70. The van der Waals surface area contributed by atoms with Crippen molar-refractivity contribution in [3.8, 4) is 0 Å². The smallest absolute Gasteiger partial charge is 0.234 e. The average Bonchev–Trinajstić information content (AvgIpc) is 2.93. The van der Waals surface area contributed by atoms with E-state index in [1.165, 1.54) is 12.8 Å². The molecule has 1 aromatic carbocycles. The standard InChI is InChI=1S/C17H16O3/c18-14-11-5-1-2-6-12(11)16-13(15(14)19)7-10-17(20-16)8-3-4-9-17/h1-2,5-6H,3-4,7-10H2. The van der Waals surface area contributed by atoms with Crippen LogP contribution >= 0.6 is 0 Å². The second-order valence-corrected chi connectivity index (χ2v) is 6.00. The van der Waals surface area contributed by atoms with Crippen LogP contribution in [-0.4, -0.2) is 17.2 Å². The number of ketones is 2. The monoisotopic (exact) mass is 268 g/mol. The van der Waals surface area contributed by atoms with Gasteiger partial charge in [0.2, 0.25) is 11.6 Å². The maximum absolute atomic E-state index is 12.2. The zero-order chi connectivity index (χ0) is 13.7. The molecule has 3 aliphatic rings. The molecule has 4 rings (SSSR count). The third-order valence-electron chi connectivity index (χ3n) is 4.83. The Labute approximate surface area is 117 Å². The fraction of sp³-hybridized carbons (Fsp3) is 0.412. The fourth-order valence-corrected chi connectivity index (χ4v) is 3.74. The molecule has 0 atom stereocenters. The molecule has 0 aromatic heterocycles. The van der Waals surface area contributed by atoms with E-state index < -0.39 is 0 Å². The van der Waals surface area contributed by atoms with Gasteiger partial charge in [0.15, 0.2) is 0 Å². The predicted molar refractivity (Wildman–Crippen MR) is 74.2 cm³/mol. The molecule has 102 valence electrons. The maximum Gasteiger partial charge on any atom is 0.234 e. The Bertz CT molecular complexity index is 648. The van der Waals surface area contributed by atoms with Crippen molar-refractivity contribution >= 4 is 17.3 Å². The highest BCUT2D eigenvalue weighted by molar-refractivity contribution is 6.52.